The molecule has 4 heteroatoms. The molecule has 6 rings (SSSR count). The van der Waals surface area contributed by atoms with Crippen molar-refractivity contribution in [2.75, 3.05) is 4.90 Å². The molecule has 1 saturated carbocycles. The van der Waals surface area contributed by atoms with Gasteiger partial charge in [-0.15, -0.1) is 0 Å². The Hall–Kier alpha value is -3.24. The molecule has 1 saturated heterocycles. The number of benzene rings is 3. The minimum absolute atomic E-state index is 0.0654. The molecule has 2 fully saturated rings. The van der Waals surface area contributed by atoms with Gasteiger partial charge in [0.25, 0.3) is 0 Å². The molecule has 3 aromatic rings. The molecule has 0 radical (unpaired) electrons. The summed E-state index contributed by atoms with van der Waals surface area (Å²) in [5, 5.41) is 0. The van der Waals surface area contributed by atoms with Crippen molar-refractivity contribution in [2.45, 2.75) is 0 Å². The van der Waals surface area contributed by atoms with Crippen molar-refractivity contribution in [1.29, 1.82) is 0 Å². The number of allylic oxidation sites excluding steroid dienone is 3. The van der Waals surface area contributed by atoms with E-state index in [1.807, 2.05) is 60.7 Å². The van der Waals surface area contributed by atoms with Gasteiger partial charge in [-0.2, -0.15) is 0 Å². The van der Waals surface area contributed by atoms with E-state index in [9.17, 15) is 9.59 Å². The zero-order valence-electron chi connectivity index (χ0n) is 17.2. The molecule has 2 aliphatic carbocycles. The van der Waals surface area contributed by atoms with Crippen molar-refractivity contribution < 1.29 is 9.59 Å². The van der Waals surface area contributed by atoms with Gasteiger partial charge < -0.3 is 0 Å². The molecule has 156 valence electrons. The van der Waals surface area contributed by atoms with Crippen LogP contribution in [0.25, 0.3) is 5.57 Å². The van der Waals surface area contributed by atoms with Gasteiger partial charge in [-0.25, -0.2) is 4.90 Å². The fourth-order valence-corrected chi connectivity index (χ4v) is 6.14. The number of hydrogen-bond acceptors (Lipinski definition) is 2. The van der Waals surface area contributed by atoms with Gasteiger partial charge in [-0.1, -0.05) is 84.9 Å². The molecule has 4 atom stereocenters. The Balaban J connectivity index is 1.50. The number of carbonyl (C=O) groups excluding carboxylic acids is 2. The lowest BCUT2D eigenvalue weighted by atomic mass is 9.85. The lowest BCUT2D eigenvalue weighted by molar-refractivity contribution is -0.122. The zero-order valence-corrected chi connectivity index (χ0v) is 18.8. The Morgan fingerprint density at radius 1 is 0.656 bits per heavy atom. The first-order chi connectivity index (χ1) is 15.7. The van der Waals surface area contributed by atoms with E-state index in [1.165, 1.54) is 10.5 Å². The van der Waals surface area contributed by atoms with Crippen molar-refractivity contribution in [1.82, 2.24) is 0 Å². The van der Waals surface area contributed by atoms with Gasteiger partial charge in [-0.3, -0.25) is 9.59 Å². The van der Waals surface area contributed by atoms with Gasteiger partial charge in [0.1, 0.15) is 0 Å². The summed E-state index contributed by atoms with van der Waals surface area (Å²) in [7, 11) is 0. The number of para-hydroxylation sites is 1. The first-order valence-electron chi connectivity index (χ1n) is 10.8. The number of rotatable bonds is 3. The molecular formula is C28H20BrNO2. The summed E-state index contributed by atoms with van der Waals surface area (Å²) in [4.78, 5) is 28.6. The Labute approximate surface area is 195 Å². The predicted molar refractivity (Wildman–Crippen MR) is 129 cm³/mol. The maximum Gasteiger partial charge on any atom is 0.238 e. The van der Waals surface area contributed by atoms with Crippen LogP contribution < -0.4 is 4.90 Å². The van der Waals surface area contributed by atoms with Gasteiger partial charge in [0.2, 0.25) is 11.8 Å². The highest BCUT2D eigenvalue weighted by atomic mass is 79.9. The number of amides is 2. The average Bonchev–Trinajstić information content (AvgIpc) is 3.46. The predicted octanol–water partition coefficient (Wildman–Crippen LogP) is 5.87. The van der Waals surface area contributed by atoms with Crippen LogP contribution >= 0.6 is 15.9 Å². The van der Waals surface area contributed by atoms with Crippen LogP contribution in [-0.4, -0.2) is 11.8 Å². The van der Waals surface area contributed by atoms with Crippen molar-refractivity contribution >= 4 is 39.0 Å². The van der Waals surface area contributed by atoms with E-state index >= 15 is 0 Å². The smallest absolute Gasteiger partial charge is 0.238 e. The number of hydrogen-bond donors (Lipinski definition) is 0. The van der Waals surface area contributed by atoms with Gasteiger partial charge in [-0.05, 0) is 50.3 Å². The van der Waals surface area contributed by atoms with Gasteiger partial charge in [0.15, 0.2) is 0 Å². The molecular weight excluding hydrogens is 462 g/mol. The molecule has 2 amide bonds. The molecule has 0 N–H and O–H groups in total. The van der Waals surface area contributed by atoms with Gasteiger partial charge in [0, 0.05) is 16.3 Å². The van der Waals surface area contributed by atoms with E-state index in [1.54, 1.807) is 0 Å². The third-order valence-electron chi connectivity index (χ3n) is 6.92. The van der Waals surface area contributed by atoms with Crippen LogP contribution in [0.1, 0.15) is 11.1 Å². The van der Waals surface area contributed by atoms with Crippen LogP contribution in [0, 0.1) is 23.7 Å². The first kappa shape index (κ1) is 19.4. The minimum atomic E-state index is -0.345. The maximum absolute atomic E-state index is 13.6. The van der Waals surface area contributed by atoms with Crippen molar-refractivity contribution in [2.24, 2.45) is 23.7 Å². The molecule has 0 unspecified atom stereocenters. The standard InChI is InChI=1S/C28H20BrNO2/c29-21-13-7-8-14-22(21)30-27(31)25-19-15-16-20(26(25)28(30)32)24(19)23(17-9-3-1-4-10-17)18-11-5-2-6-12-18/h1-16,19-20,25-26H/t19-,20-,25-,26-/m0/s1. The topological polar surface area (TPSA) is 37.4 Å². The Bertz CT molecular complexity index is 1220. The Morgan fingerprint density at radius 3 is 1.62 bits per heavy atom. The van der Waals surface area contributed by atoms with Crippen LogP contribution in [0.3, 0.4) is 0 Å². The highest BCUT2D eigenvalue weighted by Gasteiger charge is 2.62. The second kappa shape index (κ2) is 7.42. The van der Waals surface area contributed by atoms with E-state index in [4.69, 9.17) is 0 Å². The molecule has 1 heterocycles. The second-order valence-electron chi connectivity index (χ2n) is 8.51. The molecule has 3 aliphatic rings. The van der Waals surface area contributed by atoms with E-state index < -0.39 is 0 Å². The molecule has 0 aromatic heterocycles. The molecule has 2 bridgehead atoms. The van der Waals surface area contributed by atoms with E-state index in [0.29, 0.717) is 5.69 Å². The molecule has 1 aliphatic heterocycles. The molecule has 3 aromatic carbocycles. The SMILES string of the molecule is O=C1[C@@H]2[C@@H](C(=O)N1c1ccccc1Br)[C@H]1C=C[C@H]2C1=C(c1ccccc1)c1ccccc1. The Morgan fingerprint density at radius 2 is 1.12 bits per heavy atom. The normalized spacial score (nSPS) is 25.5. The van der Waals surface area contributed by atoms with Crippen molar-refractivity contribution in [3.63, 3.8) is 0 Å². The summed E-state index contributed by atoms with van der Waals surface area (Å²) in [6, 6.07) is 28.0. The fourth-order valence-electron chi connectivity index (χ4n) is 5.68. The van der Waals surface area contributed by atoms with Crippen molar-refractivity contribution in [3.05, 3.63) is 118 Å². The van der Waals surface area contributed by atoms with Crippen LogP contribution in [0.4, 0.5) is 5.69 Å². The minimum Gasteiger partial charge on any atom is -0.274 e. The highest BCUT2D eigenvalue weighted by molar-refractivity contribution is 9.10. The van der Waals surface area contributed by atoms with E-state index in [0.717, 1.165) is 21.2 Å². The lowest BCUT2D eigenvalue weighted by Gasteiger charge is -2.22. The molecule has 32 heavy (non-hydrogen) atoms. The summed E-state index contributed by atoms with van der Waals surface area (Å²) in [5.41, 5.74) is 5.22. The van der Waals surface area contributed by atoms with E-state index in [2.05, 4.69) is 52.3 Å². The molecule has 3 nitrogen and oxygen atoms in total. The third-order valence-corrected chi connectivity index (χ3v) is 7.59. The summed E-state index contributed by atoms with van der Waals surface area (Å²) in [6.07, 6.45) is 4.28. The summed E-state index contributed by atoms with van der Waals surface area (Å²) in [5.74, 6) is -1.01. The van der Waals surface area contributed by atoms with Gasteiger partial charge in [0.05, 0.1) is 17.5 Å². The van der Waals surface area contributed by atoms with Crippen LogP contribution in [0.5, 0.6) is 0 Å². The van der Waals surface area contributed by atoms with Crippen LogP contribution in [0.2, 0.25) is 0 Å². The highest BCUT2D eigenvalue weighted by Crippen LogP contribution is 2.59. The molecule has 0 spiro atoms. The maximum atomic E-state index is 13.6. The Kier molecular flexibility index (Phi) is 4.51. The number of carbonyl (C=O) groups is 2. The number of nitrogens with zero attached hydrogens (tertiary/aromatic N) is 1. The number of anilines is 1. The first-order valence-corrected chi connectivity index (χ1v) is 11.6. The summed E-state index contributed by atoms with van der Waals surface area (Å²) < 4.78 is 0.756. The number of fused-ring (bicyclic) bond motifs is 5. The zero-order chi connectivity index (χ0) is 21.8. The summed E-state index contributed by atoms with van der Waals surface area (Å²) in [6.45, 7) is 0. The van der Waals surface area contributed by atoms with Crippen molar-refractivity contribution in [3.8, 4) is 0 Å². The number of halogens is 1. The van der Waals surface area contributed by atoms with Gasteiger partial charge >= 0.3 is 0 Å². The third kappa shape index (κ3) is 2.72. The van der Waals surface area contributed by atoms with Crippen LogP contribution in [0.15, 0.2) is 107 Å². The second-order valence-corrected chi connectivity index (χ2v) is 9.37. The van der Waals surface area contributed by atoms with Crippen LogP contribution in [-0.2, 0) is 9.59 Å². The summed E-state index contributed by atoms with van der Waals surface area (Å²) >= 11 is 3.51. The van der Waals surface area contributed by atoms with E-state index in [-0.39, 0.29) is 35.5 Å². The number of imide groups is 1. The fraction of sp³-hybridized carbons (Fsp3) is 0.143. The average molecular weight is 482 g/mol. The monoisotopic (exact) mass is 481 g/mol. The lowest BCUT2D eigenvalue weighted by Crippen LogP contribution is -2.33. The largest absolute Gasteiger partial charge is 0.274 e. The quantitative estimate of drug-likeness (QED) is 0.346.